The maximum Gasteiger partial charge on any atom is 0.410 e. The summed E-state index contributed by atoms with van der Waals surface area (Å²) >= 11 is 0. The highest BCUT2D eigenvalue weighted by atomic mass is 16.6. The Labute approximate surface area is 179 Å². The first kappa shape index (κ1) is 21.0. The van der Waals surface area contributed by atoms with Gasteiger partial charge in [-0.15, -0.1) is 0 Å². The smallest absolute Gasteiger partial charge is 0.410 e. The summed E-state index contributed by atoms with van der Waals surface area (Å²) in [5, 5.41) is 3.59. The van der Waals surface area contributed by atoms with Crippen LogP contribution < -0.4 is 5.32 Å². The van der Waals surface area contributed by atoms with Gasteiger partial charge in [-0.3, -0.25) is 9.89 Å². The quantitative estimate of drug-likeness (QED) is 0.812. The van der Waals surface area contributed by atoms with Gasteiger partial charge in [0.05, 0.1) is 18.6 Å². The molecule has 8 nitrogen and oxygen atoms in total. The van der Waals surface area contributed by atoms with Crippen molar-refractivity contribution in [2.45, 2.75) is 58.2 Å². The second-order valence-electron chi connectivity index (χ2n) is 9.53. The summed E-state index contributed by atoms with van der Waals surface area (Å²) in [6.45, 7) is 13.5. The van der Waals surface area contributed by atoms with Crippen molar-refractivity contribution < 1.29 is 13.9 Å². The Kier molecular flexibility index (Phi) is 5.95. The van der Waals surface area contributed by atoms with E-state index in [1.54, 1.807) is 0 Å². The van der Waals surface area contributed by atoms with Crippen molar-refractivity contribution in [3.8, 4) is 0 Å². The first-order valence-corrected chi connectivity index (χ1v) is 11.1. The number of nitrogens with zero attached hydrogens (tertiary/aromatic N) is 4. The number of carbonyl (C=O) groups excluding carboxylic acids is 1. The molecule has 2 fully saturated rings. The van der Waals surface area contributed by atoms with Crippen molar-refractivity contribution in [3.05, 3.63) is 23.7 Å². The molecule has 1 aromatic heterocycles. The Balaban J connectivity index is 1.34. The highest BCUT2D eigenvalue weighted by molar-refractivity contribution is 5.82. The highest BCUT2D eigenvalue weighted by Crippen LogP contribution is 2.26. The van der Waals surface area contributed by atoms with Gasteiger partial charge in [-0.05, 0) is 65.8 Å². The number of hydrogen-bond donors (Lipinski definition) is 1. The zero-order chi connectivity index (χ0) is 21.3. The number of aliphatic imine (C=N–C) groups is 1. The monoisotopic (exact) mass is 417 g/mol. The molecule has 2 unspecified atom stereocenters. The summed E-state index contributed by atoms with van der Waals surface area (Å²) in [5.41, 5.74) is -0.470. The van der Waals surface area contributed by atoms with Crippen molar-refractivity contribution >= 4 is 12.1 Å². The number of guanidine groups is 1. The topological polar surface area (TPSA) is 73.6 Å². The van der Waals surface area contributed by atoms with Gasteiger partial charge in [0, 0.05) is 26.2 Å². The second kappa shape index (κ2) is 8.49. The molecule has 2 atom stereocenters. The Morgan fingerprint density at radius 2 is 2.03 bits per heavy atom. The van der Waals surface area contributed by atoms with E-state index >= 15 is 0 Å². The number of rotatable bonds is 4. The van der Waals surface area contributed by atoms with Crippen LogP contribution in [0.3, 0.4) is 0 Å². The maximum absolute atomic E-state index is 12.4. The van der Waals surface area contributed by atoms with E-state index in [0.29, 0.717) is 19.6 Å². The number of furan rings is 1. The van der Waals surface area contributed by atoms with Gasteiger partial charge in [0.2, 0.25) is 0 Å². The van der Waals surface area contributed by atoms with E-state index in [4.69, 9.17) is 14.1 Å². The molecule has 0 bridgehead atoms. The van der Waals surface area contributed by atoms with Gasteiger partial charge in [0.25, 0.3) is 0 Å². The molecule has 3 aliphatic rings. The number of amides is 1. The minimum absolute atomic E-state index is 0.213. The maximum atomic E-state index is 12.4. The number of nitrogens with one attached hydrogen (secondary N) is 1. The van der Waals surface area contributed by atoms with Gasteiger partial charge in [0.1, 0.15) is 17.1 Å². The fourth-order valence-corrected chi connectivity index (χ4v) is 4.51. The zero-order valence-electron chi connectivity index (χ0n) is 18.7. The largest absolute Gasteiger partial charge is 0.465 e. The van der Waals surface area contributed by atoms with E-state index in [1.165, 1.54) is 12.8 Å². The lowest BCUT2D eigenvalue weighted by Gasteiger charge is -2.39. The van der Waals surface area contributed by atoms with Crippen LogP contribution in [0, 0.1) is 6.92 Å². The molecule has 30 heavy (non-hydrogen) atoms. The summed E-state index contributed by atoms with van der Waals surface area (Å²) in [6, 6.07) is 4.56. The van der Waals surface area contributed by atoms with E-state index in [9.17, 15) is 4.79 Å². The average molecular weight is 418 g/mol. The van der Waals surface area contributed by atoms with E-state index in [2.05, 4.69) is 21.2 Å². The lowest BCUT2D eigenvalue weighted by Crippen LogP contribution is -2.58. The number of piperazine rings is 1. The molecular formula is C22H35N5O3. The van der Waals surface area contributed by atoms with Crippen molar-refractivity contribution in [1.29, 1.82) is 0 Å². The summed E-state index contributed by atoms with van der Waals surface area (Å²) in [7, 11) is 0. The molecule has 8 heteroatoms. The van der Waals surface area contributed by atoms with Crippen molar-refractivity contribution in [1.82, 2.24) is 20.0 Å². The number of aryl methyl sites for hydroxylation is 1. The SMILES string of the molecule is Cc1ccc(C(CNC2=NCC3CN(C(=O)OC(C)(C)C)CCN23)N2CCCC2)o1. The van der Waals surface area contributed by atoms with Crippen LogP contribution >= 0.6 is 0 Å². The summed E-state index contributed by atoms with van der Waals surface area (Å²) in [6.07, 6.45) is 2.25. The summed E-state index contributed by atoms with van der Waals surface area (Å²) in [4.78, 5) is 23.8. The van der Waals surface area contributed by atoms with Crippen LogP contribution in [-0.2, 0) is 4.74 Å². The highest BCUT2D eigenvalue weighted by Gasteiger charge is 2.37. The molecule has 1 aromatic rings. The standard InChI is InChI=1S/C22H35N5O3/c1-16-7-8-19(29-16)18(25-9-5-6-10-25)14-24-20-23-13-17-15-26(11-12-27(17)20)21(28)30-22(2,3)4/h7-8,17-18H,5-6,9-15H2,1-4H3,(H,23,24). The van der Waals surface area contributed by atoms with Crippen molar-refractivity contribution in [2.75, 3.05) is 45.8 Å². The van der Waals surface area contributed by atoms with E-state index in [-0.39, 0.29) is 18.2 Å². The van der Waals surface area contributed by atoms with Gasteiger partial charge in [-0.1, -0.05) is 0 Å². The number of carbonyl (C=O) groups is 1. The number of likely N-dealkylation sites (tertiary alicyclic amines) is 1. The van der Waals surface area contributed by atoms with E-state index in [1.807, 2.05) is 38.7 Å². The van der Waals surface area contributed by atoms with Gasteiger partial charge < -0.3 is 24.3 Å². The lowest BCUT2D eigenvalue weighted by molar-refractivity contribution is 0.0137. The molecule has 4 rings (SSSR count). The average Bonchev–Trinajstić information content (AvgIpc) is 3.42. The molecule has 1 amide bonds. The van der Waals surface area contributed by atoms with Crippen LogP contribution in [-0.4, -0.2) is 84.2 Å². The molecule has 3 aliphatic heterocycles. The third-order valence-corrected chi connectivity index (χ3v) is 5.98. The predicted octanol–water partition coefficient (Wildman–Crippen LogP) is 2.61. The van der Waals surface area contributed by atoms with Gasteiger partial charge >= 0.3 is 6.09 Å². The molecule has 0 saturated carbocycles. The predicted molar refractivity (Wildman–Crippen MR) is 116 cm³/mol. The second-order valence-corrected chi connectivity index (χ2v) is 9.53. The fourth-order valence-electron chi connectivity index (χ4n) is 4.51. The normalized spacial score (nSPS) is 23.3. The molecule has 2 saturated heterocycles. The fraction of sp³-hybridized carbons (Fsp3) is 0.727. The molecule has 0 radical (unpaired) electrons. The third kappa shape index (κ3) is 4.74. The van der Waals surface area contributed by atoms with E-state index < -0.39 is 5.60 Å². The van der Waals surface area contributed by atoms with Crippen LogP contribution in [0.5, 0.6) is 0 Å². The van der Waals surface area contributed by atoms with Gasteiger partial charge in [0.15, 0.2) is 5.96 Å². The number of hydrogen-bond acceptors (Lipinski definition) is 7. The Hall–Kier alpha value is -2.22. The van der Waals surface area contributed by atoms with E-state index in [0.717, 1.165) is 43.7 Å². The number of ether oxygens (including phenoxy) is 1. The van der Waals surface area contributed by atoms with Crippen LogP contribution in [0.1, 0.15) is 51.2 Å². The van der Waals surface area contributed by atoms with Crippen LogP contribution in [0.25, 0.3) is 0 Å². The molecule has 0 spiro atoms. The molecule has 0 aromatic carbocycles. The Bertz CT molecular complexity index is 778. The molecule has 1 N–H and O–H groups in total. The molecule has 0 aliphatic carbocycles. The molecule has 4 heterocycles. The van der Waals surface area contributed by atoms with Gasteiger partial charge in [-0.2, -0.15) is 0 Å². The first-order chi connectivity index (χ1) is 14.3. The summed E-state index contributed by atoms with van der Waals surface area (Å²) in [5.74, 6) is 2.91. The minimum Gasteiger partial charge on any atom is -0.465 e. The van der Waals surface area contributed by atoms with Crippen LogP contribution in [0.4, 0.5) is 4.79 Å². The molecular weight excluding hydrogens is 382 g/mol. The lowest BCUT2D eigenvalue weighted by atomic mass is 10.2. The third-order valence-electron chi connectivity index (χ3n) is 5.98. The van der Waals surface area contributed by atoms with Crippen molar-refractivity contribution in [2.24, 2.45) is 4.99 Å². The minimum atomic E-state index is -0.470. The zero-order valence-corrected chi connectivity index (χ0v) is 18.7. The Morgan fingerprint density at radius 1 is 1.27 bits per heavy atom. The summed E-state index contributed by atoms with van der Waals surface area (Å²) < 4.78 is 11.5. The van der Waals surface area contributed by atoms with Crippen molar-refractivity contribution in [3.63, 3.8) is 0 Å². The molecule has 166 valence electrons. The van der Waals surface area contributed by atoms with Crippen LogP contribution in [0.2, 0.25) is 0 Å². The first-order valence-electron chi connectivity index (χ1n) is 11.1. The number of fused-ring (bicyclic) bond motifs is 1. The van der Waals surface area contributed by atoms with Gasteiger partial charge in [-0.25, -0.2) is 4.79 Å². The van der Waals surface area contributed by atoms with Crippen LogP contribution in [0.15, 0.2) is 21.5 Å². The Morgan fingerprint density at radius 3 is 2.70 bits per heavy atom.